The molecule has 0 saturated carbocycles. The molecule has 3 nitrogen and oxygen atoms in total. The average Bonchev–Trinajstić information content (AvgIpc) is 2.24. The predicted octanol–water partition coefficient (Wildman–Crippen LogP) is 1.39. The summed E-state index contributed by atoms with van der Waals surface area (Å²) >= 11 is 0. The van der Waals surface area contributed by atoms with E-state index in [1.54, 1.807) is 0 Å². The quantitative estimate of drug-likeness (QED) is 0.624. The number of aliphatic carboxylic acids is 1. The van der Waals surface area contributed by atoms with Gasteiger partial charge < -0.3 is 14.6 Å². The van der Waals surface area contributed by atoms with Gasteiger partial charge in [0.2, 0.25) is 11.6 Å². The first-order valence-corrected chi connectivity index (χ1v) is 4.33. The average molecular weight is 291 g/mol. The molecular weight excluding hydrogens is 289 g/mol. The molecule has 0 unspecified atom stereocenters. The van der Waals surface area contributed by atoms with Crippen LogP contribution in [0.3, 0.4) is 0 Å². The molecule has 0 amide bonds. The number of hydrogen-bond donors (Lipinski definition) is 0. The molecule has 0 N–H and O–H groups in total. The summed E-state index contributed by atoms with van der Waals surface area (Å²) in [6.07, 6.45) is -5.68. The van der Waals surface area contributed by atoms with E-state index in [0.717, 1.165) is 0 Å². The van der Waals surface area contributed by atoms with Crippen molar-refractivity contribution < 1.29 is 45.4 Å². The summed E-state index contributed by atoms with van der Waals surface area (Å²) in [5, 5.41) is 9.94. The van der Waals surface area contributed by atoms with E-state index in [1.165, 1.54) is 0 Å². The Kier molecular flexibility index (Phi) is 3.91. The lowest BCUT2D eigenvalue weighted by Crippen LogP contribution is -2.29. The first-order valence-electron chi connectivity index (χ1n) is 4.33. The maximum Gasteiger partial charge on any atom is 0.422 e. The molecule has 0 aliphatic heterocycles. The van der Waals surface area contributed by atoms with Crippen molar-refractivity contribution in [1.82, 2.24) is 0 Å². The fraction of sp³-hybridized carbons (Fsp3) is 0.222. The highest BCUT2D eigenvalue weighted by Crippen LogP contribution is 2.39. The lowest BCUT2D eigenvalue weighted by molar-refractivity contribution is -0.307. The van der Waals surface area contributed by atoms with E-state index in [9.17, 15) is 40.6 Å². The molecule has 0 heterocycles. The highest BCUT2D eigenvalue weighted by atomic mass is 19.4. The Morgan fingerprint density at radius 2 is 1.42 bits per heavy atom. The zero-order chi connectivity index (χ0) is 15.0. The van der Waals surface area contributed by atoms with Crippen LogP contribution in [0.4, 0.5) is 30.7 Å². The van der Waals surface area contributed by atoms with Gasteiger partial charge >= 0.3 is 6.18 Å². The number of carboxylic acid groups (broad SMARTS) is 1. The van der Waals surface area contributed by atoms with Crippen LogP contribution in [0.25, 0.3) is 0 Å². The minimum absolute atomic E-state index is 1.50. The lowest BCUT2D eigenvalue weighted by atomic mass is 10.1. The van der Waals surface area contributed by atoms with Crippen LogP contribution in [0.15, 0.2) is 0 Å². The minimum Gasteiger partial charge on any atom is -0.546 e. The van der Waals surface area contributed by atoms with Crippen LogP contribution in [0.2, 0.25) is 0 Å². The zero-order valence-corrected chi connectivity index (χ0v) is 8.58. The van der Waals surface area contributed by atoms with Gasteiger partial charge in [-0.15, -0.1) is 0 Å². The fourth-order valence-electron chi connectivity index (χ4n) is 1.12. The Balaban J connectivity index is 3.43. The molecular formula is C9H2F7O3-. The number of rotatable bonds is 3. The summed E-state index contributed by atoms with van der Waals surface area (Å²) in [5.41, 5.74) is -2.77. The maximum atomic E-state index is 13.1. The van der Waals surface area contributed by atoms with Crippen molar-refractivity contribution in [3.8, 4) is 5.75 Å². The summed E-state index contributed by atoms with van der Waals surface area (Å²) in [6, 6.07) is 0. The molecule has 0 aliphatic carbocycles. The van der Waals surface area contributed by atoms with Crippen molar-refractivity contribution in [2.45, 2.75) is 6.18 Å². The number of hydrogen-bond acceptors (Lipinski definition) is 3. The SMILES string of the molecule is O=C([O-])COc1c(F)c(F)c(C(F)(F)F)c(F)c1F. The van der Waals surface area contributed by atoms with Crippen LogP contribution < -0.4 is 9.84 Å². The molecule has 0 atom stereocenters. The molecule has 106 valence electrons. The van der Waals surface area contributed by atoms with Gasteiger partial charge in [0.05, 0.1) is 5.97 Å². The summed E-state index contributed by atoms with van der Waals surface area (Å²) in [6.45, 7) is -1.50. The summed E-state index contributed by atoms with van der Waals surface area (Å²) in [7, 11) is 0. The molecule has 0 fully saturated rings. The smallest absolute Gasteiger partial charge is 0.422 e. The number of ether oxygens (including phenoxy) is 1. The van der Waals surface area contributed by atoms with E-state index in [1.807, 2.05) is 0 Å². The largest absolute Gasteiger partial charge is 0.546 e. The molecule has 10 heteroatoms. The predicted molar refractivity (Wildman–Crippen MR) is 41.8 cm³/mol. The number of carbonyl (C=O) groups excluding carboxylic acids is 1. The van der Waals surface area contributed by atoms with Gasteiger partial charge in [0, 0.05) is 0 Å². The standard InChI is InChI=1S/C9H3F7O3/c10-4-3(9(14,15)16)5(11)7(13)8(6(4)12)19-1-2(17)18/h1H2,(H,17,18)/p-1. The number of carbonyl (C=O) groups is 1. The Hall–Kier alpha value is -2.00. The third-order valence-corrected chi connectivity index (χ3v) is 1.84. The fourth-order valence-corrected chi connectivity index (χ4v) is 1.12. The number of alkyl halides is 3. The summed E-state index contributed by atoms with van der Waals surface area (Å²) < 4.78 is 92.4. The van der Waals surface area contributed by atoms with Crippen LogP contribution in [0.1, 0.15) is 5.56 Å². The molecule has 0 spiro atoms. The van der Waals surface area contributed by atoms with Gasteiger partial charge in [0.15, 0.2) is 17.4 Å². The first kappa shape index (κ1) is 15.1. The Morgan fingerprint density at radius 1 is 1.00 bits per heavy atom. The van der Waals surface area contributed by atoms with Crippen LogP contribution in [-0.2, 0) is 11.0 Å². The van der Waals surface area contributed by atoms with Crippen LogP contribution in [0, 0.1) is 23.3 Å². The molecule has 19 heavy (non-hydrogen) atoms. The van der Waals surface area contributed by atoms with Crippen molar-refractivity contribution in [2.75, 3.05) is 6.61 Å². The van der Waals surface area contributed by atoms with Gasteiger partial charge in [0.1, 0.15) is 12.2 Å². The van der Waals surface area contributed by atoms with E-state index in [0.29, 0.717) is 0 Å². The van der Waals surface area contributed by atoms with E-state index in [-0.39, 0.29) is 0 Å². The Morgan fingerprint density at radius 3 is 1.74 bits per heavy atom. The minimum atomic E-state index is -5.68. The third-order valence-electron chi connectivity index (χ3n) is 1.84. The van der Waals surface area contributed by atoms with Crippen molar-refractivity contribution in [2.24, 2.45) is 0 Å². The van der Waals surface area contributed by atoms with E-state index >= 15 is 0 Å². The molecule has 1 aromatic rings. The van der Waals surface area contributed by atoms with E-state index < -0.39 is 53.3 Å². The molecule has 0 saturated heterocycles. The first-order chi connectivity index (χ1) is 8.57. The Labute approximate surface area is 99.8 Å². The van der Waals surface area contributed by atoms with Gasteiger partial charge in [0.25, 0.3) is 0 Å². The molecule has 1 aromatic carbocycles. The van der Waals surface area contributed by atoms with E-state index in [4.69, 9.17) is 0 Å². The van der Waals surface area contributed by atoms with Crippen molar-refractivity contribution in [1.29, 1.82) is 0 Å². The highest BCUT2D eigenvalue weighted by Gasteiger charge is 2.42. The van der Waals surface area contributed by atoms with Gasteiger partial charge in [-0.1, -0.05) is 0 Å². The Bertz CT molecular complexity index is 495. The van der Waals surface area contributed by atoms with Crippen molar-refractivity contribution in [3.63, 3.8) is 0 Å². The molecule has 0 aliphatic rings. The highest BCUT2D eigenvalue weighted by molar-refractivity contribution is 5.66. The summed E-state index contributed by atoms with van der Waals surface area (Å²) in [5.74, 6) is -14.4. The topological polar surface area (TPSA) is 49.4 Å². The van der Waals surface area contributed by atoms with Crippen LogP contribution in [0.5, 0.6) is 5.75 Å². The lowest BCUT2D eigenvalue weighted by Gasteiger charge is -2.14. The zero-order valence-electron chi connectivity index (χ0n) is 8.58. The van der Waals surface area contributed by atoms with Crippen LogP contribution in [-0.4, -0.2) is 12.6 Å². The molecule has 0 bridgehead atoms. The van der Waals surface area contributed by atoms with E-state index in [2.05, 4.69) is 4.74 Å². The third kappa shape index (κ3) is 2.88. The van der Waals surface area contributed by atoms with Gasteiger partial charge in [-0.2, -0.15) is 22.0 Å². The molecule has 1 rings (SSSR count). The number of halogens is 7. The normalized spacial score (nSPS) is 11.5. The monoisotopic (exact) mass is 291 g/mol. The number of benzene rings is 1. The van der Waals surface area contributed by atoms with Gasteiger partial charge in [-0.05, 0) is 0 Å². The van der Waals surface area contributed by atoms with Crippen molar-refractivity contribution >= 4 is 5.97 Å². The van der Waals surface area contributed by atoms with Crippen molar-refractivity contribution in [3.05, 3.63) is 28.8 Å². The van der Waals surface area contributed by atoms with Crippen LogP contribution >= 0.6 is 0 Å². The second kappa shape index (κ2) is 4.94. The van der Waals surface area contributed by atoms with Gasteiger partial charge in [-0.25, -0.2) is 8.78 Å². The maximum absolute atomic E-state index is 13.1. The number of carboxylic acids is 1. The summed E-state index contributed by atoms with van der Waals surface area (Å²) in [4.78, 5) is 9.94. The second-order valence-corrected chi connectivity index (χ2v) is 3.12. The second-order valence-electron chi connectivity index (χ2n) is 3.12. The molecule has 0 aromatic heterocycles. The van der Waals surface area contributed by atoms with Gasteiger partial charge in [-0.3, -0.25) is 0 Å². The molecule has 0 radical (unpaired) electrons.